The summed E-state index contributed by atoms with van der Waals surface area (Å²) in [6.07, 6.45) is 2.29. The molecule has 3 aromatic rings. The van der Waals surface area contributed by atoms with E-state index in [1.807, 2.05) is 6.07 Å². The molecule has 0 spiro atoms. The minimum Gasteiger partial charge on any atom is -0.493 e. The lowest BCUT2D eigenvalue weighted by Gasteiger charge is -2.35. The fourth-order valence-electron chi connectivity index (χ4n) is 5.88. The van der Waals surface area contributed by atoms with Crippen LogP contribution in [-0.4, -0.2) is 71.5 Å². The summed E-state index contributed by atoms with van der Waals surface area (Å²) in [6.45, 7) is 0.385. The van der Waals surface area contributed by atoms with Crippen molar-refractivity contribution < 1.29 is 23.9 Å². The largest absolute Gasteiger partial charge is 0.493 e. The highest BCUT2D eigenvalue weighted by Gasteiger charge is 2.62. The maximum absolute atomic E-state index is 13.7. The molecule has 186 valence electrons. The number of nitrogens with zero attached hydrogens (tertiary/aromatic N) is 5. The van der Waals surface area contributed by atoms with Crippen LogP contribution in [0, 0.1) is 11.3 Å². The predicted octanol–water partition coefficient (Wildman–Crippen LogP) is 2.49. The number of urea groups is 1. The van der Waals surface area contributed by atoms with Gasteiger partial charge in [-0.3, -0.25) is 14.6 Å². The van der Waals surface area contributed by atoms with Crippen LogP contribution in [0.15, 0.2) is 48.7 Å². The average Bonchev–Trinajstić information content (AvgIpc) is 3.59. The van der Waals surface area contributed by atoms with Gasteiger partial charge in [-0.05, 0) is 48.4 Å². The molecular weight excluding hydrogens is 474 g/mol. The average molecular weight is 498 g/mol. The summed E-state index contributed by atoms with van der Waals surface area (Å²) in [5, 5.41) is 10.0. The van der Waals surface area contributed by atoms with E-state index in [1.54, 1.807) is 66.6 Å². The van der Waals surface area contributed by atoms with Crippen LogP contribution in [0.4, 0.5) is 10.5 Å². The third-order valence-corrected chi connectivity index (χ3v) is 7.50. The number of anilines is 1. The second-order valence-corrected chi connectivity index (χ2v) is 9.32. The number of carbonyl (C=O) groups is 3. The topological polar surface area (TPSA) is 116 Å². The molecule has 0 aliphatic carbocycles. The van der Waals surface area contributed by atoms with Crippen molar-refractivity contribution in [3.05, 3.63) is 59.8 Å². The molecule has 0 radical (unpaired) electrons. The molecule has 2 unspecified atom stereocenters. The van der Waals surface area contributed by atoms with Crippen molar-refractivity contribution in [2.24, 2.45) is 0 Å². The van der Waals surface area contributed by atoms with Crippen LogP contribution < -0.4 is 14.4 Å². The second-order valence-electron chi connectivity index (χ2n) is 9.32. The number of methoxy groups -OCH3 is 2. The van der Waals surface area contributed by atoms with Crippen LogP contribution in [-0.2, 0) is 16.0 Å². The standard InChI is InChI=1S/C27H23N5O5/c1-36-21-8-5-15(10-22(21)37-2)11-23(33)30-14-17-12-20(30)25-26(34)32(27(35)31(17)25)19-7-6-16(13-28)24-18(19)4-3-9-29-24/h3-10,17,20,25H,11-12,14H2,1-2H3/t17?,20?,25-/m1/s1. The minimum absolute atomic E-state index is 0.105. The van der Waals surface area contributed by atoms with Crippen LogP contribution in [0.5, 0.6) is 11.5 Å². The molecule has 0 saturated carbocycles. The number of ether oxygens (including phenoxy) is 2. The molecular formula is C27H23N5O5. The van der Waals surface area contributed by atoms with E-state index >= 15 is 0 Å². The summed E-state index contributed by atoms with van der Waals surface area (Å²) < 4.78 is 10.6. The Morgan fingerprint density at radius 2 is 1.95 bits per heavy atom. The zero-order valence-electron chi connectivity index (χ0n) is 20.2. The molecule has 3 aliphatic heterocycles. The van der Waals surface area contributed by atoms with E-state index in [1.165, 1.54) is 4.90 Å². The first-order valence-corrected chi connectivity index (χ1v) is 11.9. The van der Waals surface area contributed by atoms with Crippen molar-refractivity contribution in [1.29, 1.82) is 5.26 Å². The molecule has 4 heterocycles. The van der Waals surface area contributed by atoms with Crippen molar-refractivity contribution in [1.82, 2.24) is 14.8 Å². The van der Waals surface area contributed by atoms with Gasteiger partial charge >= 0.3 is 6.03 Å². The fraction of sp³-hybridized carbons (Fsp3) is 0.296. The van der Waals surface area contributed by atoms with Crippen LogP contribution >= 0.6 is 0 Å². The third kappa shape index (κ3) is 3.31. The monoisotopic (exact) mass is 497 g/mol. The summed E-state index contributed by atoms with van der Waals surface area (Å²) in [4.78, 5) is 49.3. The lowest BCUT2D eigenvalue weighted by Crippen LogP contribution is -2.55. The van der Waals surface area contributed by atoms with E-state index in [2.05, 4.69) is 11.1 Å². The van der Waals surface area contributed by atoms with Gasteiger partial charge in [-0.2, -0.15) is 5.26 Å². The number of fused-ring (bicyclic) bond motifs is 6. The predicted molar refractivity (Wildman–Crippen MR) is 132 cm³/mol. The number of benzene rings is 2. The number of hydrogen-bond acceptors (Lipinski definition) is 7. The van der Waals surface area contributed by atoms with E-state index < -0.39 is 12.1 Å². The first-order valence-electron chi connectivity index (χ1n) is 11.9. The van der Waals surface area contributed by atoms with Gasteiger partial charge < -0.3 is 19.3 Å². The number of amides is 4. The number of piperazine rings is 1. The van der Waals surface area contributed by atoms with Gasteiger partial charge in [0.2, 0.25) is 5.91 Å². The number of carbonyl (C=O) groups excluding carboxylic acids is 3. The van der Waals surface area contributed by atoms with Crippen LogP contribution in [0.1, 0.15) is 17.5 Å². The summed E-state index contributed by atoms with van der Waals surface area (Å²) >= 11 is 0. The van der Waals surface area contributed by atoms with Gasteiger partial charge in [0.25, 0.3) is 5.91 Å². The lowest BCUT2D eigenvalue weighted by atomic mass is 10.1. The molecule has 6 rings (SSSR count). The summed E-state index contributed by atoms with van der Waals surface area (Å²) in [7, 11) is 3.09. The Hall–Kier alpha value is -4.65. The Morgan fingerprint density at radius 3 is 2.70 bits per heavy atom. The third-order valence-electron chi connectivity index (χ3n) is 7.50. The first kappa shape index (κ1) is 22.8. The molecule has 10 heteroatoms. The SMILES string of the molecule is COc1ccc(CC(=O)N2CC3CC2[C@@H]2C(=O)N(c4ccc(C#N)c5ncccc45)C(=O)N32)cc1OC. The molecule has 4 amide bonds. The van der Waals surface area contributed by atoms with E-state index in [-0.39, 0.29) is 30.3 Å². The summed E-state index contributed by atoms with van der Waals surface area (Å²) in [5.41, 5.74) is 1.97. The maximum atomic E-state index is 13.7. The molecule has 2 aromatic carbocycles. The Bertz CT molecular complexity index is 1510. The molecule has 1 aromatic heterocycles. The maximum Gasteiger partial charge on any atom is 0.332 e. The van der Waals surface area contributed by atoms with Gasteiger partial charge in [0.15, 0.2) is 11.5 Å². The number of hydrogen-bond donors (Lipinski definition) is 0. The molecule has 3 atom stereocenters. The van der Waals surface area contributed by atoms with Gasteiger partial charge in [-0.15, -0.1) is 0 Å². The van der Waals surface area contributed by atoms with E-state index in [0.717, 1.165) is 5.56 Å². The van der Waals surface area contributed by atoms with E-state index in [9.17, 15) is 19.6 Å². The molecule has 3 fully saturated rings. The number of pyridine rings is 1. The van der Waals surface area contributed by atoms with Gasteiger partial charge in [0.1, 0.15) is 12.1 Å². The van der Waals surface area contributed by atoms with Crippen LogP contribution in [0.3, 0.4) is 0 Å². The molecule has 0 N–H and O–H groups in total. The van der Waals surface area contributed by atoms with Gasteiger partial charge in [-0.25, -0.2) is 9.69 Å². The van der Waals surface area contributed by atoms with Gasteiger partial charge in [-0.1, -0.05) is 6.07 Å². The fourth-order valence-corrected chi connectivity index (χ4v) is 5.88. The number of nitriles is 1. The summed E-state index contributed by atoms with van der Waals surface area (Å²) in [5.74, 6) is 0.649. The number of likely N-dealkylation sites (tertiary alicyclic amines) is 1. The number of imide groups is 1. The van der Waals surface area contributed by atoms with Crippen molar-refractivity contribution in [2.45, 2.75) is 31.0 Å². The zero-order chi connectivity index (χ0) is 25.8. The van der Waals surface area contributed by atoms with Crippen molar-refractivity contribution >= 4 is 34.4 Å². The Kier molecular flexibility index (Phi) is 5.22. The normalized spacial score (nSPS) is 22.0. The number of rotatable bonds is 5. The molecule has 3 saturated heterocycles. The smallest absolute Gasteiger partial charge is 0.332 e. The van der Waals surface area contributed by atoms with Crippen LogP contribution in [0.25, 0.3) is 10.9 Å². The number of aromatic nitrogens is 1. The second kappa shape index (κ2) is 8.48. The first-order chi connectivity index (χ1) is 18.0. The molecule has 37 heavy (non-hydrogen) atoms. The van der Waals surface area contributed by atoms with E-state index in [4.69, 9.17) is 9.47 Å². The highest BCUT2D eigenvalue weighted by atomic mass is 16.5. The van der Waals surface area contributed by atoms with Crippen LogP contribution in [0.2, 0.25) is 0 Å². The van der Waals surface area contributed by atoms with Gasteiger partial charge in [0, 0.05) is 18.1 Å². The molecule has 3 aliphatic rings. The van der Waals surface area contributed by atoms with Gasteiger partial charge in [0.05, 0.1) is 49.5 Å². The van der Waals surface area contributed by atoms with Crippen molar-refractivity contribution in [3.63, 3.8) is 0 Å². The Morgan fingerprint density at radius 1 is 1.14 bits per heavy atom. The zero-order valence-corrected chi connectivity index (χ0v) is 20.2. The van der Waals surface area contributed by atoms with E-state index in [0.29, 0.717) is 46.6 Å². The quantitative estimate of drug-likeness (QED) is 0.497. The minimum atomic E-state index is -0.733. The Labute approximate surface area is 212 Å². The lowest BCUT2D eigenvalue weighted by molar-refractivity contribution is -0.135. The van der Waals surface area contributed by atoms with Crippen molar-refractivity contribution in [2.75, 3.05) is 25.7 Å². The summed E-state index contributed by atoms with van der Waals surface area (Å²) in [6, 6.07) is 12.3. The molecule has 10 nitrogen and oxygen atoms in total. The Balaban J connectivity index is 1.27. The van der Waals surface area contributed by atoms with Crippen molar-refractivity contribution in [3.8, 4) is 17.6 Å². The highest BCUT2D eigenvalue weighted by Crippen LogP contribution is 2.44. The molecule has 2 bridgehead atoms. The highest BCUT2D eigenvalue weighted by molar-refractivity contribution is 6.25.